The molecule has 0 aromatic carbocycles. The van der Waals surface area contributed by atoms with Crippen molar-refractivity contribution in [3.8, 4) is 0 Å². The second-order valence-electron chi connectivity index (χ2n) is 11.9. The molecule has 2 N–H and O–H groups in total. The molecular formula is C34H50O6. The highest BCUT2D eigenvalue weighted by Gasteiger charge is 2.26. The van der Waals surface area contributed by atoms with Crippen LogP contribution in [0.4, 0.5) is 0 Å². The van der Waals surface area contributed by atoms with E-state index in [4.69, 9.17) is 14.6 Å². The largest absolute Gasteiger partial charge is 0.465 e. The van der Waals surface area contributed by atoms with E-state index in [-0.39, 0.29) is 31.3 Å². The van der Waals surface area contributed by atoms with Crippen LogP contribution in [-0.4, -0.2) is 48.6 Å². The zero-order valence-electron chi connectivity index (χ0n) is 24.7. The Bertz CT molecular complexity index is 992. The van der Waals surface area contributed by atoms with Gasteiger partial charge in [-0.15, -0.1) is 0 Å². The topological polar surface area (TPSA) is 93.1 Å². The minimum absolute atomic E-state index is 0.0128. The van der Waals surface area contributed by atoms with E-state index in [1.165, 1.54) is 62.5 Å². The van der Waals surface area contributed by atoms with Crippen molar-refractivity contribution in [1.82, 2.24) is 0 Å². The van der Waals surface area contributed by atoms with Crippen LogP contribution in [0.15, 0.2) is 58.7 Å². The van der Waals surface area contributed by atoms with Gasteiger partial charge in [0.1, 0.15) is 13.2 Å². The summed E-state index contributed by atoms with van der Waals surface area (Å²) >= 11 is 0. The van der Waals surface area contributed by atoms with Crippen LogP contribution < -0.4 is 0 Å². The van der Waals surface area contributed by atoms with Gasteiger partial charge in [-0.1, -0.05) is 74.6 Å². The van der Waals surface area contributed by atoms with Gasteiger partial charge in [-0.05, 0) is 81.3 Å². The molecule has 1 saturated carbocycles. The molecule has 0 radical (unpaired) electrons. The summed E-state index contributed by atoms with van der Waals surface area (Å²) in [7, 11) is 0. The maximum Gasteiger partial charge on any atom is 0.335 e. The van der Waals surface area contributed by atoms with Gasteiger partial charge >= 0.3 is 11.9 Å². The Kier molecular flexibility index (Phi) is 13.4. The third-order valence-electron chi connectivity index (χ3n) is 8.89. The van der Waals surface area contributed by atoms with Crippen LogP contribution in [0, 0.1) is 23.7 Å². The number of hydrogen-bond acceptors (Lipinski definition) is 6. The standard InChI is InChI=1S/C34H50O6/c1-4-5-6-7-26-8-10-27(11-9-26)28-12-14-29(15-13-28)30-16-18-31(19-17-30)32(22-39-33(37)24(2)20-35)23-40-34(38)25(3)21-36/h12,14,16,18,25-27,32,35-36H,2,4-11,13,15,17,19-23H2,1,3H3. The predicted octanol–water partition coefficient (Wildman–Crippen LogP) is 6.55. The van der Waals surface area contributed by atoms with Gasteiger partial charge < -0.3 is 19.7 Å². The van der Waals surface area contributed by atoms with Crippen LogP contribution in [0.25, 0.3) is 0 Å². The highest BCUT2D eigenvalue weighted by atomic mass is 16.5. The maximum absolute atomic E-state index is 12.1. The van der Waals surface area contributed by atoms with E-state index in [1.54, 1.807) is 12.5 Å². The van der Waals surface area contributed by atoms with E-state index >= 15 is 0 Å². The van der Waals surface area contributed by atoms with Gasteiger partial charge in [0.15, 0.2) is 0 Å². The van der Waals surface area contributed by atoms with Gasteiger partial charge in [0.25, 0.3) is 0 Å². The third kappa shape index (κ3) is 9.59. The predicted molar refractivity (Wildman–Crippen MR) is 158 cm³/mol. The smallest absolute Gasteiger partial charge is 0.335 e. The third-order valence-corrected chi connectivity index (χ3v) is 8.89. The SMILES string of the molecule is C=C(CO)C(=O)OCC(COC(=O)C(C)CO)C1=CC=C(C2=CC=C(C3CCC(CCCCC)CC3)CC2)CC1. The van der Waals surface area contributed by atoms with Crippen molar-refractivity contribution in [2.24, 2.45) is 23.7 Å². The van der Waals surface area contributed by atoms with Crippen molar-refractivity contribution in [2.45, 2.75) is 90.9 Å². The molecule has 0 amide bonds. The van der Waals surface area contributed by atoms with Crippen molar-refractivity contribution in [3.63, 3.8) is 0 Å². The molecule has 0 spiro atoms. The number of esters is 2. The first-order valence-electron chi connectivity index (χ1n) is 15.4. The molecule has 6 nitrogen and oxygen atoms in total. The van der Waals surface area contributed by atoms with E-state index in [2.05, 4.69) is 37.8 Å². The molecule has 0 heterocycles. The number of unbranched alkanes of at least 4 members (excludes halogenated alkanes) is 2. The Morgan fingerprint density at radius 2 is 1.60 bits per heavy atom. The first kappa shape index (κ1) is 32.1. The number of carbonyl (C=O) groups excluding carboxylic acids is 2. The van der Waals surface area contributed by atoms with Gasteiger partial charge in [-0.25, -0.2) is 4.79 Å². The Hall–Kier alpha value is -2.44. The number of hydrogen-bond donors (Lipinski definition) is 2. The normalized spacial score (nSPS) is 22.7. The Labute approximate surface area is 240 Å². The summed E-state index contributed by atoms with van der Waals surface area (Å²) in [4.78, 5) is 24.2. The number of aliphatic hydroxyl groups is 2. The first-order chi connectivity index (χ1) is 19.4. The fourth-order valence-electron chi connectivity index (χ4n) is 6.03. The van der Waals surface area contributed by atoms with Crippen LogP contribution in [0.2, 0.25) is 0 Å². The molecule has 3 rings (SSSR count). The van der Waals surface area contributed by atoms with Crippen molar-refractivity contribution >= 4 is 11.9 Å². The Morgan fingerprint density at radius 1 is 0.925 bits per heavy atom. The molecule has 3 aliphatic carbocycles. The lowest BCUT2D eigenvalue weighted by atomic mass is 9.74. The van der Waals surface area contributed by atoms with Gasteiger partial charge in [0.2, 0.25) is 0 Å². The van der Waals surface area contributed by atoms with Crippen LogP contribution in [-0.2, 0) is 19.1 Å². The molecule has 0 aliphatic heterocycles. The molecule has 3 aliphatic rings. The molecule has 6 heteroatoms. The van der Waals surface area contributed by atoms with Gasteiger partial charge in [-0.3, -0.25) is 4.79 Å². The molecule has 0 bridgehead atoms. The fraction of sp³-hybridized carbons (Fsp3) is 0.647. The zero-order chi connectivity index (χ0) is 28.9. The summed E-state index contributed by atoms with van der Waals surface area (Å²) in [6, 6.07) is 0. The average molecular weight is 555 g/mol. The summed E-state index contributed by atoms with van der Waals surface area (Å²) in [6.07, 6.45) is 23.8. The molecule has 0 aromatic rings. The number of rotatable bonds is 15. The number of aliphatic hydroxyl groups excluding tert-OH is 2. The van der Waals surface area contributed by atoms with Crippen molar-refractivity contribution in [1.29, 1.82) is 0 Å². The van der Waals surface area contributed by atoms with Crippen molar-refractivity contribution < 1.29 is 29.3 Å². The van der Waals surface area contributed by atoms with E-state index in [0.717, 1.165) is 43.1 Å². The molecule has 0 saturated heterocycles. The average Bonchev–Trinajstić information content (AvgIpc) is 3.00. The van der Waals surface area contributed by atoms with Crippen LogP contribution in [0.1, 0.15) is 90.9 Å². The molecule has 2 atom stereocenters. The highest BCUT2D eigenvalue weighted by Crippen LogP contribution is 2.40. The van der Waals surface area contributed by atoms with Gasteiger partial charge in [0, 0.05) is 5.92 Å². The van der Waals surface area contributed by atoms with E-state index in [9.17, 15) is 14.7 Å². The highest BCUT2D eigenvalue weighted by molar-refractivity contribution is 5.87. The van der Waals surface area contributed by atoms with Gasteiger partial charge in [-0.2, -0.15) is 0 Å². The van der Waals surface area contributed by atoms with Crippen molar-refractivity contribution in [3.05, 3.63) is 58.7 Å². The lowest BCUT2D eigenvalue weighted by Gasteiger charge is -2.32. The molecule has 1 fully saturated rings. The summed E-state index contributed by atoms with van der Waals surface area (Å²) in [5.41, 5.74) is 5.42. The minimum Gasteiger partial charge on any atom is -0.465 e. The second-order valence-corrected chi connectivity index (χ2v) is 11.9. The maximum atomic E-state index is 12.1. The lowest BCUT2D eigenvalue weighted by molar-refractivity contribution is -0.151. The quantitative estimate of drug-likeness (QED) is 0.136. The zero-order valence-corrected chi connectivity index (χ0v) is 24.7. The number of carbonyl (C=O) groups is 2. The molecule has 40 heavy (non-hydrogen) atoms. The van der Waals surface area contributed by atoms with E-state index < -0.39 is 24.5 Å². The molecule has 2 unspecified atom stereocenters. The summed E-state index contributed by atoms with van der Waals surface area (Å²) < 4.78 is 10.8. The van der Waals surface area contributed by atoms with E-state index in [1.807, 2.05) is 0 Å². The summed E-state index contributed by atoms with van der Waals surface area (Å²) in [5.74, 6) is -0.350. The van der Waals surface area contributed by atoms with Crippen molar-refractivity contribution in [2.75, 3.05) is 26.4 Å². The monoisotopic (exact) mass is 554 g/mol. The fourth-order valence-corrected chi connectivity index (χ4v) is 6.03. The Balaban J connectivity index is 1.60. The van der Waals surface area contributed by atoms with Crippen LogP contribution >= 0.6 is 0 Å². The Morgan fingerprint density at radius 3 is 2.17 bits per heavy atom. The second kappa shape index (κ2) is 16.7. The van der Waals surface area contributed by atoms with E-state index in [0.29, 0.717) is 0 Å². The first-order valence-corrected chi connectivity index (χ1v) is 15.4. The van der Waals surface area contributed by atoms with Gasteiger partial charge in [0.05, 0.1) is 24.7 Å². The summed E-state index contributed by atoms with van der Waals surface area (Å²) in [5, 5.41) is 18.4. The summed E-state index contributed by atoms with van der Waals surface area (Å²) in [6.45, 7) is 6.75. The lowest BCUT2D eigenvalue weighted by Crippen LogP contribution is -2.26. The molecular weight excluding hydrogens is 504 g/mol. The minimum atomic E-state index is -0.657. The number of allylic oxidation sites excluding steroid dienone is 7. The molecule has 0 aromatic heterocycles. The number of ether oxygens (including phenoxy) is 2. The molecule has 222 valence electrons. The van der Waals surface area contributed by atoms with Crippen LogP contribution in [0.5, 0.6) is 0 Å². The van der Waals surface area contributed by atoms with Crippen LogP contribution in [0.3, 0.4) is 0 Å².